The Kier molecular flexibility index (Phi) is 5.43. The van der Waals surface area contributed by atoms with E-state index in [1.54, 1.807) is 15.9 Å². The number of rotatable bonds is 4. The van der Waals surface area contributed by atoms with Gasteiger partial charge in [0.2, 0.25) is 5.91 Å². The second-order valence-corrected chi connectivity index (χ2v) is 8.94. The first-order valence-electron chi connectivity index (χ1n) is 10.4. The second kappa shape index (κ2) is 8.05. The second-order valence-electron chi connectivity index (χ2n) is 8.94. The standard InChI is InChI=1S/C22H27N5O4/c1-22(2,3)31-21(30)27-13-15-9-16(27)12-26(15)19(28)11-23-20(29)18-10-17(24-25-18)14-7-5-4-6-8-14/h4-8,10,15-16H,9,11-13H2,1-3H3,(H,23,29)(H,24,25). The molecule has 1 aromatic carbocycles. The van der Waals surface area contributed by atoms with Gasteiger partial charge in [-0.2, -0.15) is 5.10 Å². The fourth-order valence-corrected chi connectivity index (χ4v) is 4.07. The lowest BCUT2D eigenvalue weighted by molar-refractivity contribution is -0.132. The van der Waals surface area contributed by atoms with Crippen molar-refractivity contribution < 1.29 is 19.1 Å². The number of amides is 3. The highest BCUT2D eigenvalue weighted by Crippen LogP contribution is 2.31. The molecule has 4 rings (SSSR count). The van der Waals surface area contributed by atoms with Crippen LogP contribution < -0.4 is 5.32 Å². The molecule has 2 aliphatic heterocycles. The van der Waals surface area contributed by atoms with Crippen LogP contribution in [0.3, 0.4) is 0 Å². The lowest BCUT2D eigenvalue weighted by Crippen LogP contribution is -2.53. The molecule has 2 bridgehead atoms. The molecule has 9 nitrogen and oxygen atoms in total. The number of likely N-dealkylation sites (tertiary alicyclic amines) is 2. The SMILES string of the molecule is CC(C)(C)OC(=O)N1CC2CC1CN2C(=O)CNC(=O)c1cc(-c2ccccc2)[nH]n1. The van der Waals surface area contributed by atoms with E-state index >= 15 is 0 Å². The number of benzene rings is 1. The summed E-state index contributed by atoms with van der Waals surface area (Å²) in [4.78, 5) is 40.8. The molecule has 31 heavy (non-hydrogen) atoms. The molecule has 1 aromatic heterocycles. The van der Waals surface area contributed by atoms with Gasteiger partial charge in [0.25, 0.3) is 5.91 Å². The van der Waals surface area contributed by atoms with Gasteiger partial charge in [0.15, 0.2) is 5.69 Å². The molecule has 2 aromatic rings. The number of nitrogens with zero attached hydrogens (tertiary/aromatic N) is 3. The normalized spacial score (nSPS) is 20.1. The quantitative estimate of drug-likeness (QED) is 0.779. The van der Waals surface area contributed by atoms with Crippen molar-refractivity contribution in [2.24, 2.45) is 0 Å². The van der Waals surface area contributed by atoms with Crippen LogP contribution in [0.5, 0.6) is 0 Å². The van der Waals surface area contributed by atoms with Crippen LogP contribution >= 0.6 is 0 Å². The van der Waals surface area contributed by atoms with E-state index in [1.165, 1.54) is 0 Å². The van der Waals surface area contributed by atoms with Crippen LogP contribution in [0.15, 0.2) is 36.4 Å². The number of nitrogens with one attached hydrogen (secondary N) is 2. The van der Waals surface area contributed by atoms with E-state index in [4.69, 9.17) is 4.74 Å². The molecule has 2 fully saturated rings. The minimum atomic E-state index is -0.550. The third-order valence-corrected chi connectivity index (χ3v) is 5.48. The van der Waals surface area contributed by atoms with Gasteiger partial charge < -0.3 is 19.9 Å². The molecule has 164 valence electrons. The molecule has 3 heterocycles. The van der Waals surface area contributed by atoms with Crippen LogP contribution in [-0.2, 0) is 9.53 Å². The molecule has 3 amide bonds. The van der Waals surface area contributed by atoms with Gasteiger partial charge in [-0.25, -0.2) is 4.79 Å². The number of carbonyl (C=O) groups excluding carboxylic acids is 3. The molecule has 0 saturated carbocycles. The number of aromatic nitrogens is 2. The van der Waals surface area contributed by atoms with Crippen molar-refractivity contribution in [1.29, 1.82) is 0 Å². The zero-order valence-electron chi connectivity index (χ0n) is 17.9. The molecule has 2 saturated heterocycles. The third-order valence-electron chi connectivity index (χ3n) is 5.48. The molecule has 9 heteroatoms. The van der Waals surface area contributed by atoms with E-state index in [1.807, 2.05) is 51.1 Å². The van der Waals surface area contributed by atoms with E-state index in [0.29, 0.717) is 13.1 Å². The number of ether oxygens (including phenoxy) is 1. The van der Waals surface area contributed by atoms with Crippen molar-refractivity contribution >= 4 is 17.9 Å². The van der Waals surface area contributed by atoms with E-state index in [0.717, 1.165) is 17.7 Å². The Hall–Kier alpha value is -3.36. The van der Waals surface area contributed by atoms with E-state index in [2.05, 4.69) is 15.5 Å². The van der Waals surface area contributed by atoms with Crippen LogP contribution in [0.4, 0.5) is 4.79 Å². The molecule has 2 atom stereocenters. The average molecular weight is 425 g/mol. The third kappa shape index (κ3) is 4.55. The van der Waals surface area contributed by atoms with Crippen molar-refractivity contribution in [2.45, 2.75) is 44.9 Å². The van der Waals surface area contributed by atoms with Gasteiger partial charge in [0.1, 0.15) is 5.60 Å². The fraction of sp³-hybridized carbons (Fsp3) is 0.455. The zero-order chi connectivity index (χ0) is 22.2. The minimum Gasteiger partial charge on any atom is -0.444 e. The number of carbonyl (C=O) groups is 3. The topological polar surface area (TPSA) is 108 Å². The summed E-state index contributed by atoms with van der Waals surface area (Å²) in [5.41, 5.74) is 1.33. The molecular formula is C22H27N5O4. The van der Waals surface area contributed by atoms with E-state index in [9.17, 15) is 14.4 Å². The van der Waals surface area contributed by atoms with Crippen LogP contribution in [-0.4, -0.2) is 75.2 Å². The predicted molar refractivity (Wildman–Crippen MR) is 113 cm³/mol. The number of hydrogen-bond acceptors (Lipinski definition) is 5. The predicted octanol–water partition coefficient (Wildman–Crippen LogP) is 2.03. The van der Waals surface area contributed by atoms with Crippen molar-refractivity contribution in [3.05, 3.63) is 42.1 Å². The first kappa shape index (κ1) is 20.9. The molecular weight excluding hydrogens is 398 g/mol. The number of aromatic amines is 1. The summed E-state index contributed by atoms with van der Waals surface area (Å²) in [5.74, 6) is -0.574. The van der Waals surface area contributed by atoms with Crippen LogP contribution in [0, 0.1) is 0 Å². The summed E-state index contributed by atoms with van der Waals surface area (Å²) in [6.07, 6.45) is 0.395. The first-order chi connectivity index (χ1) is 14.7. The summed E-state index contributed by atoms with van der Waals surface area (Å²) in [6.45, 7) is 6.31. The Morgan fingerprint density at radius 1 is 1.13 bits per heavy atom. The Balaban J connectivity index is 1.28. The van der Waals surface area contributed by atoms with Crippen LogP contribution in [0.25, 0.3) is 11.3 Å². The van der Waals surface area contributed by atoms with Gasteiger partial charge in [0, 0.05) is 13.1 Å². The van der Waals surface area contributed by atoms with Gasteiger partial charge in [-0.3, -0.25) is 14.7 Å². The largest absolute Gasteiger partial charge is 0.444 e. The maximum absolute atomic E-state index is 12.7. The molecule has 0 radical (unpaired) electrons. The van der Waals surface area contributed by atoms with Gasteiger partial charge in [-0.15, -0.1) is 0 Å². The van der Waals surface area contributed by atoms with Crippen LogP contribution in [0.1, 0.15) is 37.7 Å². The summed E-state index contributed by atoms with van der Waals surface area (Å²) in [7, 11) is 0. The molecule has 2 aliphatic rings. The lowest BCUT2D eigenvalue weighted by atomic mass is 10.1. The minimum absolute atomic E-state index is 0.0423. The number of hydrogen-bond donors (Lipinski definition) is 2. The average Bonchev–Trinajstić information content (AvgIpc) is 3.46. The summed E-state index contributed by atoms with van der Waals surface area (Å²) in [5, 5.41) is 9.54. The first-order valence-corrected chi connectivity index (χ1v) is 10.4. The smallest absolute Gasteiger partial charge is 0.410 e. The molecule has 0 spiro atoms. The Labute approximate surface area is 180 Å². The Morgan fingerprint density at radius 3 is 2.45 bits per heavy atom. The van der Waals surface area contributed by atoms with Crippen molar-refractivity contribution in [3.63, 3.8) is 0 Å². The molecule has 0 aliphatic carbocycles. The Bertz CT molecular complexity index is 981. The van der Waals surface area contributed by atoms with Gasteiger partial charge >= 0.3 is 6.09 Å². The summed E-state index contributed by atoms with van der Waals surface area (Å²) >= 11 is 0. The fourth-order valence-electron chi connectivity index (χ4n) is 4.07. The number of piperazine rings is 1. The number of fused-ring (bicyclic) bond motifs is 2. The van der Waals surface area contributed by atoms with Crippen molar-refractivity contribution in [3.8, 4) is 11.3 Å². The Morgan fingerprint density at radius 2 is 1.81 bits per heavy atom. The molecule has 2 N–H and O–H groups in total. The lowest BCUT2D eigenvalue weighted by Gasteiger charge is -2.35. The highest BCUT2D eigenvalue weighted by Gasteiger charge is 2.48. The summed E-state index contributed by atoms with van der Waals surface area (Å²) in [6, 6.07) is 11.1. The van der Waals surface area contributed by atoms with Crippen molar-refractivity contribution in [2.75, 3.05) is 19.6 Å². The van der Waals surface area contributed by atoms with Gasteiger partial charge in [-0.05, 0) is 38.8 Å². The zero-order valence-corrected chi connectivity index (χ0v) is 17.9. The van der Waals surface area contributed by atoms with E-state index in [-0.39, 0.29) is 36.3 Å². The highest BCUT2D eigenvalue weighted by atomic mass is 16.6. The maximum Gasteiger partial charge on any atom is 0.410 e. The summed E-state index contributed by atoms with van der Waals surface area (Å²) < 4.78 is 5.45. The van der Waals surface area contributed by atoms with Gasteiger partial charge in [0.05, 0.1) is 24.3 Å². The maximum atomic E-state index is 12.7. The van der Waals surface area contributed by atoms with Crippen molar-refractivity contribution in [1.82, 2.24) is 25.3 Å². The number of H-pyrrole nitrogens is 1. The van der Waals surface area contributed by atoms with Crippen LogP contribution in [0.2, 0.25) is 0 Å². The monoisotopic (exact) mass is 425 g/mol. The van der Waals surface area contributed by atoms with E-state index < -0.39 is 11.5 Å². The highest BCUT2D eigenvalue weighted by molar-refractivity contribution is 5.95. The van der Waals surface area contributed by atoms with Gasteiger partial charge in [-0.1, -0.05) is 30.3 Å². The molecule has 2 unspecified atom stereocenters.